The van der Waals surface area contributed by atoms with Crippen LogP contribution in [0.4, 0.5) is 0 Å². The summed E-state index contributed by atoms with van der Waals surface area (Å²) in [5, 5.41) is 19.2. The van der Waals surface area contributed by atoms with Crippen LogP contribution in [-0.2, 0) is 12.1 Å². The zero-order chi connectivity index (χ0) is 18.1. The van der Waals surface area contributed by atoms with Gasteiger partial charge < -0.3 is 5.11 Å². The molecule has 2 aromatic rings. The van der Waals surface area contributed by atoms with E-state index in [1.807, 2.05) is 18.2 Å². The molecule has 2 aliphatic heterocycles. The van der Waals surface area contributed by atoms with E-state index in [0.29, 0.717) is 0 Å². The molecule has 0 bridgehead atoms. The van der Waals surface area contributed by atoms with Crippen LogP contribution in [0.5, 0.6) is 0 Å². The molecule has 1 aromatic carbocycles. The minimum atomic E-state index is -0.761. The Balaban J connectivity index is 1.59. The van der Waals surface area contributed by atoms with E-state index < -0.39 is 5.60 Å². The summed E-state index contributed by atoms with van der Waals surface area (Å²) in [4.78, 5) is 5.00. The molecule has 4 rings (SSSR count). The van der Waals surface area contributed by atoms with Crippen molar-refractivity contribution in [1.82, 2.24) is 20.0 Å². The van der Waals surface area contributed by atoms with E-state index in [2.05, 4.69) is 46.0 Å². The Morgan fingerprint density at radius 2 is 1.88 bits per heavy atom. The molecule has 2 saturated heterocycles. The van der Waals surface area contributed by atoms with Gasteiger partial charge in [-0.1, -0.05) is 30.3 Å². The number of likely N-dealkylation sites (tertiary alicyclic amines) is 2. The lowest BCUT2D eigenvalue weighted by molar-refractivity contribution is -0.0959. The van der Waals surface area contributed by atoms with Crippen LogP contribution in [0, 0.1) is 13.8 Å². The van der Waals surface area contributed by atoms with Gasteiger partial charge in [-0.2, -0.15) is 5.10 Å². The second-order valence-corrected chi connectivity index (χ2v) is 7.95. The number of aromatic nitrogens is 2. The van der Waals surface area contributed by atoms with Crippen molar-refractivity contribution in [2.75, 3.05) is 26.2 Å². The maximum Gasteiger partial charge on any atom is 0.108 e. The van der Waals surface area contributed by atoms with Gasteiger partial charge in [0, 0.05) is 30.9 Å². The van der Waals surface area contributed by atoms with Gasteiger partial charge in [-0.25, -0.2) is 0 Å². The van der Waals surface area contributed by atoms with Crippen molar-refractivity contribution in [3.05, 3.63) is 52.8 Å². The predicted molar refractivity (Wildman–Crippen MR) is 103 cm³/mol. The van der Waals surface area contributed by atoms with Gasteiger partial charge in [0.1, 0.15) is 5.60 Å². The number of nitrogens with one attached hydrogen (secondary N) is 1. The highest BCUT2D eigenvalue weighted by Crippen LogP contribution is 2.37. The standard InChI is InChI=1S/C21H30N4O/c1-16-19(17(2)23-22-16)14-24-13-10-21(26,18-8-4-3-5-9-18)20(15-24)25-11-6-7-12-25/h3-5,8-9,20,26H,6-7,10-15H2,1-2H3,(H,22,23)/t20-,21+/m1/s1. The van der Waals surface area contributed by atoms with E-state index >= 15 is 0 Å². The van der Waals surface area contributed by atoms with Crippen LogP contribution in [0.2, 0.25) is 0 Å². The van der Waals surface area contributed by atoms with Crippen molar-refractivity contribution in [1.29, 1.82) is 0 Å². The minimum absolute atomic E-state index is 0.147. The molecular formula is C21H30N4O. The maximum absolute atomic E-state index is 11.7. The Morgan fingerprint density at radius 3 is 2.54 bits per heavy atom. The Labute approximate surface area is 156 Å². The molecule has 5 nitrogen and oxygen atoms in total. The average Bonchev–Trinajstić information content (AvgIpc) is 3.30. The van der Waals surface area contributed by atoms with Gasteiger partial charge in [-0.05, 0) is 51.8 Å². The first kappa shape index (κ1) is 17.7. The van der Waals surface area contributed by atoms with Gasteiger partial charge in [0.15, 0.2) is 0 Å². The van der Waals surface area contributed by atoms with Crippen LogP contribution in [0.3, 0.4) is 0 Å². The average molecular weight is 354 g/mol. The predicted octanol–water partition coefficient (Wildman–Crippen LogP) is 2.58. The zero-order valence-electron chi connectivity index (χ0n) is 15.9. The SMILES string of the molecule is Cc1n[nH]c(C)c1CN1CC[C@](O)(c2ccccc2)[C@H](N2CCCC2)C1. The summed E-state index contributed by atoms with van der Waals surface area (Å²) < 4.78 is 0. The first-order valence-corrected chi connectivity index (χ1v) is 9.82. The molecule has 2 atom stereocenters. The molecule has 2 aliphatic rings. The van der Waals surface area contributed by atoms with Crippen molar-refractivity contribution in [2.45, 2.75) is 51.3 Å². The highest BCUT2D eigenvalue weighted by Gasteiger charge is 2.46. The number of hydrogen-bond donors (Lipinski definition) is 2. The highest BCUT2D eigenvalue weighted by atomic mass is 16.3. The number of piperidine rings is 1. The summed E-state index contributed by atoms with van der Waals surface area (Å²) in [7, 11) is 0. The number of H-pyrrole nitrogens is 1. The van der Waals surface area contributed by atoms with Crippen molar-refractivity contribution in [3.8, 4) is 0 Å². The van der Waals surface area contributed by atoms with Gasteiger partial charge in [0.25, 0.3) is 0 Å². The largest absolute Gasteiger partial charge is 0.383 e. The van der Waals surface area contributed by atoms with Crippen LogP contribution in [0.15, 0.2) is 30.3 Å². The van der Waals surface area contributed by atoms with E-state index in [0.717, 1.165) is 56.1 Å². The van der Waals surface area contributed by atoms with Gasteiger partial charge >= 0.3 is 0 Å². The van der Waals surface area contributed by atoms with Crippen LogP contribution < -0.4 is 0 Å². The summed E-state index contributed by atoms with van der Waals surface area (Å²) in [6.07, 6.45) is 3.25. The molecule has 0 unspecified atom stereocenters. The summed E-state index contributed by atoms with van der Waals surface area (Å²) in [6.45, 7) is 9.06. The monoisotopic (exact) mass is 354 g/mol. The zero-order valence-corrected chi connectivity index (χ0v) is 15.9. The number of hydrogen-bond acceptors (Lipinski definition) is 4. The van der Waals surface area contributed by atoms with Crippen molar-refractivity contribution in [2.24, 2.45) is 0 Å². The fourth-order valence-corrected chi connectivity index (χ4v) is 4.69. The van der Waals surface area contributed by atoms with Crippen molar-refractivity contribution in [3.63, 3.8) is 0 Å². The third-order valence-corrected chi connectivity index (χ3v) is 6.31. The summed E-state index contributed by atoms with van der Waals surface area (Å²) in [6, 6.07) is 10.4. The van der Waals surface area contributed by atoms with Crippen LogP contribution >= 0.6 is 0 Å². The van der Waals surface area contributed by atoms with E-state index in [1.54, 1.807) is 0 Å². The normalized spacial score (nSPS) is 27.9. The lowest BCUT2D eigenvalue weighted by Gasteiger charge is -2.48. The Hall–Kier alpha value is -1.69. The number of aryl methyl sites for hydroxylation is 2. The van der Waals surface area contributed by atoms with Crippen LogP contribution in [-0.4, -0.2) is 57.3 Å². The lowest BCUT2D eigenvalue weighted by Crippen LogP contribution is -2.60. The van der Waals surface area contributed by atoms with Gasteiger partial charge in [-0.3, -0.25) is 14.9 Å². The fraction of sp³-hybridized carbons (Fsp3) is 0.571. The quantitative estimate of drug-likeness (QED) is 0.886. The van der Waals surface area contributed by atoms with Gasteiger partial charge in [-0.15, -0.1) is 0 Å². The molecule has 1 aromatic heterocycles. The molecular weight excluding hydrogens is 324 g/mol. The molecule has 0 saturated carbocycles. The van der Waals surface area contributed by atoms with E-state index in [4.69, 9.17) is 0 Å². The Morgan fingerprint density at radius 1 is 1.15 bits per heavy atom. The van der Waals surface area contributed by atoms with Gasteiger partial charge in [0.2, 0.25) is 0 Å². The molecule has 0 amide bonds. The molecule has 0 radical (unpaired) electrons. The molecule has 0 spiro atoms. The van der Waals surface area contributed by atoms with Crippen LogP contribution in [0.25, 0.3) is 0 Å². The van der Waals surface area contributed by atoms with Crippen LogP contribution in [0.1, 0.15) is 41.8 Å². The highest BCUT2D eigenvalue weighted by molar-refractivity contribution is 5.27. The van der Waals surface area contributed by atoms with Crippen molar-refractivity contribution >= 4 is 0 Å². The number of benzene rings is 1. The topological polar surface area (TPSA) is 55.4 Å². The second-order valence-electron chi connectivity index (χ2n) is 7.95. The summed E-state index contributed by atoms with van der Waals surface area (Å²) >= 11 is 0. The van der Waals surface area contributed by atoms with Gasteiger partial charge in [0.05, 0.1) is 11.7 Å². The van der Waals surface area contributed by atoms with Crippen molar-refractivity contribution < 1.29 is 5.11 Å². The first-order valence-electron chi connectivity index (χ1n) is 9.82. The number of aromatic amines is 1. The number of rotatable bonds is 4. The third-order valence-electron chi connectivity index (χ3n) is 6.31. The number of aliphatic hydroxyl groups is 1. The maximum atomic E-state index is 11.7. The smallest absolute Gasteiger partial charge is 0.108 e. The second kappa shape index (κ2) is 7.14. The Bertz CT molecular complexity index is 718. The first-order chi connectivity index (χ1) is 12.6. The molecule has 26 heavy (non-hydrogen) atoms. The number of nitrogens with zero attached hydrogens (tertiary/aromatic N) is 3. The summed E-state index contributed by atoms with van der Waals surface area (Å²) in [5.41, 5.74) is 3.85. The molecule has 0 aliphatic carbocycles. The van der Waals surface area contributed by atoms with E-state index in [-0.39, 0.29) is 6.04 Å². The molecule has 2 N–H and O–H groups in total. The third kappa shape index (κ3) is 3.20. The fourth-order valence-electron chi connectivity index (χ4n) is 4.69. The van der Waals surface area contributed by atoms with E-state index in [1.165, 1.54) is 18.4 Å². The molecule has 5 heteroatoms. The summed E-state index contributed by atoms with van der Waals surface area (Å²) in [5.74, 6) is 0. The molecule has 2 fully saturated rings. The Kier molecular flexibility index (Phi) is 4.86. The molecule has 3 heterocycles. The minimum Gasteiger partial charge on any atom is -0.383 e. The molecule has 140 valence electrons. The van der Waals surface area contributed by atoms with E-state index in [9.17, 15) is 5.11 Å². The lowest BCUT2D eigenvalue weighted by atomic mass is 9.79.